The van der Waals surface area contributed by atoms with Crippen LogP contribution in [-0.4, -0.2) is 45.7 Å². The third-order valence-electron chi connectivity index (χ3n) is 2.76. The second-order valence-electron chi connectivity index (χ2n) is 4.29. The topological polar surface area (TPSA) is 87.0 Å². The average Bonchev–Trinajstić information content (AvgIpc) is 2.31. The molecule has 0 unspecified atom stereocenters. The molecule has 0 fully saturated rings. The van der Waals surface area contributed by atoms with Crippen LogP contribution in [0.2, 0.25) is 0 Å². The molecule has 5 nitrogen and oxygen atoms in total. The summed E-state index contributed by atoms with van der Waals surface area (Å²) in [5.74, 6) is -0.455. The summed E-state index contributed by atoms with van der Waals surface area (Å²) in [5, 5.41) is 28.9. The summed E-state index contributed by atoms with van der Waals surface area (Å²) in [6, 6.07) is 0. The van der Waals surface area contributed by atoms with E-state index in [-0.39, 0.29) is 12.8 Å². The Morgan fingerprint density at radius 2 is 2.06 bits per heavy atom. The van der Waals surface area contributed by atoms with E-state index < -0.39 is 30.4 Å². The quantitative estimate of drug-likeness (QED) is 0.475. The van der Waals surface area contributed by atoms with Crippen LogP contribution in [0.4, 0.5) is 0 Å². The number of aliphatic hydroxyl groups is 3. The fourth-order valence-electron chi connectivity index (χ4n) is 1.75. The average molecular weight is 244 g/mol. The zero-order chi connectivity index (χ0) is 12.8. The number of hydrogen-bond donors (Lipinski definition) is 3. The molecule has 17 heavy (non-hydrogen) atoms. The summed E-state index contributed by atoms with van der Waals surface area (Å²) in [4.78, 5) is 11.4. The zero-order valence-electron chi connectivity index (χ0n) is 9.95. The van der Waals surface area contributed by atoms with Crippen molar-refractivity contribution in [1.29, 1.82) is 0 Å². The van der Waals surface area contributed by atoms with Gasteiger partial charge < -0.3 is 20.1 Å². The van der Waals surface area contributed by atoms with Crippen LogP contribution in [0, 0.1) is 0 Å². The molecule has 0 amide bonds. The van der Waals surface area contributed by atoms with Gasteiger partial charge in [0.1, 0.15) is 18.3 Å². The minimum absolute atomic E-state index is 0.106. The van der Waals surface area contributed by atoms with E-state index in [0.29, 0.717) is 6.42 Å². The lowest BCUT2D eigenvalue weighted by molar-refractivity contribution is -0.159. The third kappa shape index (κ3) is 4.46. The summed E-state index contributed by atoms with van der Waals surface area (Å²) < 4.78 is 5.10. The maximum atomic E-state index is 11.4. The first-order valence-electron chi connectivity index (χ1n) is 5.96. The first kappa shape index (κ1) is 14.2. The lowest BCUT2D eigenvalue weighted by Gasteiger charge is -2.26. The maximum Gasteiger partial charge on any atom is 0.306 e. The van der Waals surface area contributed by atoms with Crippen molar-refractivity contribution in [2.24, 2.45) is 0 Å². The van der Waals surface area contributed by atoms with Crippen LogP contribution in [0.5, 0.6) is 0 Å². The normalized spacial score (nSPS) is 37.3. The number of hydrogen-bond acceptors (Lipinski definition) is 5. The molecule has 98 valence electrons. The predicted octanol–water partition coefficient (Wildman–Crippen LogP) is 0.131. The van der Waals surface area contributed by atoms with Crippen molar-refractivity contribution < 1.29 is 24.9 Å². The molecule has 5 heteroatoms. The fourth-order valence-corrected chi connectivity index (χ4v) is 1.75. The minimum Gasteiger partial charge on any atom is -0.459 e. The zero-order valence-corrected chi connectivity index (χ0v) is 9.95. The molecule has 3 N–H and O–H groups in total. The molecule has 0 radical (unpaired) electrons. The van der Waals surface area contributed by atoms with Crippen molar-refractivity contribution in [2.75, 3.05) is 0 Å². The van der Waals surface area contributed by atoms with Gasteiger partial charge >= 0.3 is 5.97 Å². The van der Waals surface area contributed by atoms with E-state index in [2.05, 4.69) is 0 Å². The van der Waals surface area contributed by atoms with Gasteiger partial charge in [-0.2, -0.15) is 0 Å². The van der Waals surface area contributed by atoms with E-state index in [1.165, 1.54) is 12.2 Å². The molecular weight excluding hydrogens is 224 g/mol. The number of esters is 1. The molecule has 1 rings (SSSR count). The third-order valence-corrected chi connectivity index (χ3v) is 2.76. The van der Waals surface area contributed by atoms with E-state index in [1.54, 1.807) is 0 Å². The molecule has 0 aromatic rings. The summed E-state index contributed by atoms with van der Waals surface area (Å²) in [6.07, 6.45) is 0.578. The second-order valence-corrected chi connectivity index (χ2v) is 4.29. The van der Waals surface area contributed by atoms with Gasteiger partial charge in [0.15, 0.2) is 0 Å². The van der Waals surface area contributed by atoms with Gasteiger partial charge in [-0.05, 0) is 12.8 Å². The van der Waals surface area contributed by atoms with Crippen LogP contribution < -0.4 is 0 Å². The summed E-state index contributed by atoms with van der Waals surface area (Å²) in [5.41, 5.74) is 0. The highest BCUT2D eigenvalue weighted by atomic mass is 16.6. The van der Waals surface area contributed by atoms with Gasteiger partial charge in [0.25, 0.3) is 0 Å². The molecule has 4 atom stereocenters. The summed E-state index contributed by atoms with van der Waals surface area (Å²) in [7, 11) is 0. The SMILES string of the molecule is CCC[C@H]1OC(=O)CC[C@@H](O)/C=C\[C@H](O)[C@@H]1O. The van der Waals surface area contributed by atoms with E-state index in [0.717, 1.165) is 6.42 Å². The highest BCUT2D eigenvalue weighted by Crippen LogP contribution is 2.15. The van der Waals surface area contributed by atoms with Gasteiger partial charge in [0.2, 0.25) is 0 Å². The first-order valence-corrected chi connectivity index (χ1v) is 5.96. The molecule has 0 saturated heterocycles. The van der Waals surface area contributed by atoms with Crippen molar-refractivity contribution >= 4 is 5.97 Å². The van der Waals surface area contributed by atoms with Crippen LogP contribution in [0.1, 0.15) is 32.6 Å². The Hall–Kier alpha value is -0.910. The van der Waals surface area contributed by atoms with Crippen LogP contribution in [0.3, 0.4) is 0 Å². The monoisotopic (exact) mass is 244 g/mol. The molecule has 0 bridgehead atoms. The lowest BCUT2D eigenvalue weighted by atomic mass is 10.0. The van der Waals surface area contributed by atoms with E-state index in [9.17, 15) is 20.1 Å². The molecule has 0 saturated carbocycles. The van der Waals surface area contributed by atoms with Crippen molar-refractivity contribution in [3.8, 4) is 0 Å². The number of ether oxygens (including phenoxy) is 1. The lowest BCUT2D eigenvalue weighted by Crippen LogP contribution is -2.40. The van der Waals surface area contributed by atoms with E-state index >= 15 is 0 Å². The molecule has 1 aliphatic heterocycles. The Morgan fingerprint density at radius 3 is 2.71 bits per heavy atom. The Morgan fingerprint density at radius 1 is 1.35 bits per heavy atom. The highest BCUT2D eigenvalue weighted by Gasteiger charge is 2.28. The van der Waals surface area contributed by atoms with E-state index in [4.69, 9.17) is 4.74 Å². The molecule has 1 aliphatic rings. The number of cyclic esters (lactones) is 1. The van der Waals surface area contributed by atoms with Crippen molar-refractivity contribution in [1.82, 2.24) is 0 Å². The number of carbonyl (C=O) groups is 1. The van der Waals surface area contributed by atoms with Gasteiger partial charge in [-0.15, -0.1) is 0 Å². The van der Waals surface area contributed by atoms with Gasteiger partial charge in [-0.25, -0.2) is 0 Å². The molecular formula is C12H20O5. The number of aliphatic hydroxyl groups excluding tert-OH is 3. The Labute approximate surface area is 101 Å². The predicted molar refractivity (Wildman–Crippen MR) is 61.2 cm³/mol. The minimum atomic E-state index is -1.15. The fraction of sp³-hybridized carbons (Fsp3) is 0.750. The van der Waals surface area contributed by atoms with Gasteiger partial charge in [0.05, 0.1) is 6.10 Å². The van der Waals surface area contributed by atoms with Gasteiger partial charge in [-0.3, -0.25) is 4.79 Å². The first-order chi connectivity index (χ1) is 8.04. The molecule has 0 spiro atoms. The largest absolute Gasteiger partial charge is 0.459 e. The van der Waals surface area contributed by atoms with Crippen LogP contribution in [0.15, 0.2) is 12.2 Å². The van der Waals surface area contributed by atoms with Crippen molar-refractivity contribution in [3.63, 3.8) is 0 Å². The molecule has 0 aliphatic carbocycles. The Kier molecular flexibility index (Phi) is 5.61. The van der Waals surface area contributed by atoms with E-state index in [1.807, 2.05) is 6.92 Å². The van der Waals surface area contributed by atoms with Gasteiger partial charge in [0, 0.05) is 6.42 Å². The van der Waals surface area contributed by atoms with Gasteiger partial charge in [-0.1, -0.05) is 25.5 Å². The standard InChI is InChI=1S/C12H20O5/c1-2-3-10-12(16)9(14)6-4-8(13)5-7-11(15)17-10/h4,6,8-10,12-14,16H,2-3,5,7H2,1H3/b6-4-/t8-,9-,10+,12-/m0/s1. The summed E-state index contributed by atoms with van der Waals surface area (Å²) in [6.45, 7) is 1.91. The van der Waals surface area contributed by atoms with Crippen LogP contribution in [0.25, 0.3) is 0 Å². The summed E-state index contributed by atoms with van der Waals surface area (Å²) >= 11 is 0. The van der Waals surface area contributed by atoms with Crippen LogP contribution in [-0.2, 0) is 9.53 Å². The smallest absolute Gasteiger partial charge is 0.306 e. The molecule has 0 aromatic heterocycles. The maximum absolute atomic E-state index is 11.4. The number of rotatable bonds is 2. The number of carbonyl (C=O) groups excluding carboxylic acids is 1. The van der Waals surface area contributed by atoms with Crippen molar-refractivity contribution in [3.05, 3.63) is 12.2 Å². The van der Waals surface area contributed by atoms with Crippen LogP contribution >= 0.6 is 0 Å². The Balaban J connectivity index is 2.78. The highest BCUT2D eigenvalue weighted by molar-refractivity contribution is 5.69. The molecule has 1 heterocycles. The van der Waals surface area contributed by atoms with Crippen molar-refractivity contribution in [2.45, 2.75) is 57.0 Å². The Bertz CT molecular complexity index is 276. The molecule has 0 aromatic carbocycles. The second kappa shape index (κ2) is 6.74.